The topological polar surface area (TPSA) is 49.4 Å². The lowest BCUT2D eigenvalue weighted by atomic mass is 10.2. The van der Waals surface area contributed by atoms with Crippen LogP contribution in [0.5, 0.6) is 0 Å². The van der Waals surface area contributed by atoms with E-state index >= 15 is 0 Å². The average Bonchev–Trinajstić information content (AvgIpc) is 3.22. The summed E-state index contributed by atoms with van der Waals surface area (Å²) in [6.45, 7) is 0.816. The van der Waals surface area contributed by atoms with Crippen LogP contribution in [0.15, 0.2) is 78.2 Å². The molecule has 0 radical (unpaired) electrons. The molecule has 5 heteroatoms. The zero-order chi connectivity index (χ0) is 18.2. The lowest BCUT2D eigenvalue weighted by Gasteiger charge is -2.23. The molecule has 3 rings (SSSR count). The van der Waals surface area contributed by atoms with E-state index in [-0.39, 0.29) is 18.2 Å². The van der Waals surface area contributed by atoms with Crippen molar-refractivity contribution in [1.29, 1.82) is 0 Å². The van der Waals surface area contributed by atoms with Gasteiger partial charge >= 0.3 is 0 Å². The highest BCUT2D eigenvalue weighted by Crippen LogP contribution is 2.18. The van der Waals surface area contributed by atoms with Gasteiger partial charge in [0.2, 0.25) is 5.91 Å². The third kappa shape index (κ3) is 4.80. The van der Waals surface area contributed by atoms with Gasteiger partial charge in [0.15, 0.2) is 0 Å². The molecule has 0 aliphatic carbocycles. The Kier molecular flexibility index (Phi) is 6.17. The van der Waals surface area contributed by atoms with Gasteiger partial charge in [0, 0.05) is 18.7 Å². The number of amides is 2. The lowest BCUT2D eigenvalue weighted by molar-refractivity contribution is -0.118. The van der Waals surface area contributed by atoms with E-state index in [1.54, 1.807) is 11.0 Å². The molecule has 0 bridgehead atoms. The van der Waals surface area contributed by atoms with Gasteiger partial charge in [0.1, 0.15) is 0 Å². The number of hydrogen-bond donors (Lipinski definition) is 1. The predicted molar refractivity (Wildman–Crippen MR) is 105 cm³/mol. The first-order chi connectivity index (χ1) is 12.7. The summed E-state index contributed by atoms with van der Waals surface area (Å²) in [7, 11) is 0. The molecule has 1 heterocycles. The molecule has 2 amide bonds. The third-order valence-electron chi connectivity index (χ3n) is 3.92. The Morgan fingerprint density at radius 1 is 0.885 bits per heavy atom. The molecule has 1 aromatic heterocycles. The number of carbonyl (C=O) groups excluding carboxylic acids is 2. The van der Waals surface area contributed by atoms with Crippen molar-refractivity contribution in [2.24, 2.45) is 0 Å². The molecule has 0 atom stereocenters. The van der Waals surface area contributed by atoms with Crippen molar-refractivity contribution in [3.05, 3.63) is 88.6 Å². The van der Waals surface area contributed by atoms with Crippen molar-refractivity contribution >= 4 is 28.8 Å². The highest BCUT2D eigenvalue weighted by molar-refractivity contribution is 7.12. The summed E-state index contributed by atoms with van der Waals surface area (Å²) >= 11 is 1.39. The Labute approximate surface area is 157 Å². The maximum atomic E-state index is 12.8. The SMILES string of the molecule is O=C(NCCC(=O)N(Cc1ccccc1)c1ccccc1)c1cccs1. The molecule has 4 nitrogen and oxygen atoms in total. The molecule has 2 aromatic carbocycles. The number of carbonyl (C=O) groups is 2. The van der Waals surface area contributed by atoms with Gasteiger partial charge in [-0.2, -0.15) is 0 Å². The van der Waals surface area contributed by atoms with Crippen molar-refractivity contribution in [1.82, 2.24) is 5.32 Å². The van der Waals surface area contributed by atoms with E-state index in [4.69, 9.17) is 0 Å². The van der Waals surface area contributed by atoms with Crippen LogP contribution in [0.2, 0.25) is 0 Å². The fourth-order valence-corrected chi connectivity index (χ4v) is 3.25. The van der Waals surface area contributed by atoms with E-state index in [9.17, 15) is 9.59 Å². The van der Waals surface area contributed by atoms with Crippen molar-refractivity contribution < 1.29 is 9.59 Å². The molecule has 1 N–H and O–H groups in total. The monoisotopic (exact) mass is 364 g/mol. The molecule has 0 spiro atoms. The second kappa shape index (κ2) is 8.97. The van der Waals surface area contributed by atoms with Gasteiger partial charge in [-0.25, -0.2) is 0 Å². The van der Waals surface area contributed by atoms with Gasteiger partial charge < -0.3 is 10.2 Å². The highest BCUT2D eigenvalue weighted by atomic mass is 32.1. The van der Waals surface area contributed by atoms with Crippen molar-refractivity contribution in [2.75, 3.05) is 11.4 Å². The molecular weight excluding hydrogens is 344 g/mol. The van der Waals surface area contributed by atoms with Gasteiger partial charge in [-0.15, -0.1) is 11.3 Å². The zero-order valence-corrected chi connectivity index (χ0v) is 15.1. The maximum absolute atomic E-state index is 12.8. The normalized spacial score (nSPS) is 10.3. The number of rotatable bonds is 7. The number of hydrogen-bond acceptors (Lipinski definition) is 3. The Hall–Kier alpha value is -2.92. The van der Waals surface area contributed by atoms with Crippen LogP contribution in [0, 0.1) is 0 Å². The molecule has 0 aliphatic heterocycles. The summed E-state index contributed by atoms with van der Waals surface area (Å²) in [5.74, 6) is -0.159. The third-order valence-corrected chi connectivity index (χ3v) is 4.79. The van der Waals surface area contributed by atoms with Crippen molar-refractivity contribution in [3.8, 4) is 0 Å². The van der Waals surface area contributed by atoms with Crippen molar-refractivity contribution in [2.45, 2.75) is 13.0 Å². The number of nitrogens with one attached hydrogen (secondary N) is 1. The van der Waals surface area contributed by atoms with Gasteiger partial charge in [-0.1, -0.05) is 54.6 Å². The number of nitrogens with zero attached hydrogens (tertiary/aromatic N) is 1. The summed E-state index contributed by atoms with van der Waals surface area (Å²) in [6, 6.07) is 23.1. The van der Waals surface area contributed by atoms with Crippen LogP contribution in [0.3, 0.4) is 0 Å². The smallest absolute Gasteiger partial charge is 0.261 e. The molecule has 0 fully saturated rings. The molecule has 0 saturated heterocycles. The first-order valence-electron chi connectivity index (χ1n) is 8.45. The fourth-order valence-electron chi connectivity index (χ4n) is 2.61. The molecule has 0 aliphatic rings. The molecule has 0 unspecified atom stereocenters. The first-order valence-corrected chi connectivity index (χ1v) is 9.33. The maximum Gasteiger partial charge on any atom is 0.261 e. The summed E-state index contributed by atoms with van der Waals surface area (Å²) in [4.78, 5) is 27.2. The number of benzene rings is 2. The van der Waals surface area contributed by atoms with Gasteiger partial charge in [0.25, 0.3) is 5.91 Å². The average molecular weight is 364 g/mol. The van der Waals surface area contributed by atoms with E-state index in [1.807, 2.05) is 72.1 Å². The Balaban J connectivity index is 1.64. The summed E-state index contributed by atoms with van der Waals surface area (Å²) in [5, 5.41) is 4.67. The summed E-state index contributed by atoms with van der Waals surface area (Å²) in [6.07, 6.45) is 0.249. The van der Waals surface area contributed by atoms with Gasteiger partial charge in [0.05, 0.1) is 11.4 Å². The van der Waals surface area contributed by atoms with E-state index in [2.05, 4.69) is 5.32 Å². The number of para-hydroxylation sites is 1. The minimum atomic E-state index is -0.137. The largest absolute Gasteiger partial charge is 0.351 e. The lowest BCUT2D eigenvalue weighted by Crippen LogP contribution is -2.34. The molecule has 0 saturated carbocycles. The molecule has 132 valence electrons. The van der Waals surface area contributed by atoms with E-state index in [0.29, 0.717) is 18.0 Å². The first kappa shape index (κ1) is 17.9. The number of anilines is 1. The Bertz CT molecular complexity index is 833. The van der Waals surface area contributed by atoms with E-state index in [0.717, 1.165) is 11.3 Å². The van der Waals surface area contributed by atoms with Crippen LogP contribution >= 0.6 is 11.3 Å². The van der Waals surface area contributed by atoms with Gasteiger partial charge in [-0.05, 0) is 29.1 Å². The van der Waals surface area contributed by atoms with Gasteiger partial charge in [-0.3, -0.25) is 9.59 Å². The van der Waals surface area contributed by atoms with Crippen molar-refractivity contribution in [3.63, 3.8) is 0 Å². The van der Waals surface area contributed by atoms with Crippen LogP contribution in [0.4, 0.5) is 5.69 Å². The molecular formula is C21H20N2O2S. The van der Waals surface area contributed by atoms with Crippen LogP contribution in [0.1, 0.15) is 21.7 Å². The quantitative estimate of drug-likeness (QED) is 0.686. The predicted octanol–water partition coefficient (Wildman–Crippen LogP) is 4.10. The fraction of sp³-hybridized carbons (Fsp3) is 0.143. The van der Waals surface area contributed by atoms with Crippen LogP contribution < -0.4 is 10.2 Å². The Morgan fingerprint density at radius 2 is 1.58 bits per heavy atom. The number of thiophene rings is 1. The second-order valence-electron chi connectivity index (χ2n) is 5.78. The van der Waals surface area contributed by atoms with Crippen LogP contribution in [0.25, 0.3) is 0 Å². The van der Waals surface area contributed by atoms with E-state index < -0.39 is 0 Å². The summed E-state index contributed by atoms with van der Waals surface area (Å²) in [5.41, 5.74) is 1.92. The van der Waals surface area contributed by atoms with Crippen LogP contribution in [-0.4, -0.2) is 18.4 Å². The minimum absolute atomic E-state index is 0.0217. The van der Waals surface area contributed by atoms with Crippen LogP contribution in [-0.2, 0) is 11.3 Å². The second-order valence-corrected chi connectivity index (χ2v) is 6.73. The zero-order valence-electron chi connectivity index (χ0n) is 14.3. The highest BCUT2D eigenvalue weighted by Gasteiger charge is 2.16. The molecule has 26 heavy (non-hydrogen) atoms. The molecule has 3 aromatic rings. The minimum Gasteiger partial charge on any atom is -0.351 e. The van der Waals surface area contributed by atoms with E-state index in [1.165, 1.54) is 11.3 Å². The standard InChI is InChI=1S/C21H20N2O2S/c24-20(13-14-22-21(25)19-12-7-15-26-19)23(18-10-5-2-6-11-18)16-17-8-3-1-4-9-17/h1-12,15H,13-14,16H2,(H,22,25). The Morgan fingerprint density at radius 3 is 2.23 bits per heavy atom. The summed E-state index contributed by atoms with van der Waals surface area (Å²) < 4.78 is 0.